The van der Waals surface area contributed by atoms with Gasteiger partial charge in [-0.15, -0.1) is 0 Å². The Balaban J connectivity index is 1.75. The van der Waals surface area contributed by atoms with E-state index in [9.17, 15) is 9.90 Å². The van der Waals surface area contributed by atoms with Crippen LogP contribution in [0.5, 0.6) is 5.75 Å². The quantitative estimate of drug-likeness (QED) is 0.455. The summed E-state index contributed by atoms with van der Waals surface area (Å²) in [4.78, 5) is 16.4. The fourth-order valence-electron chi connectivity index (χ4n) is 1.60. The van der Waals surface area contributed by atoms with Gasteiger partial charge in [-0.1, -0.05) is 44.8 Å². The number of phenolic OH excluding ortho intramolecular Hbond substituents is 1. The van der Waals surface area contributed by atoms with Crippen molar-refractivity contribution in [2.75, 3.05) is 6.61 Å². The molecule has 0 aliphatic rings. The van der Waals surface area contributed by atoms with E-state index in [-0.39, 0.29) is 19.0 Å². The summed E-state index contributed by atoms with van der Waals surface area (Å²) < 4.78 is 5.82. The molecule has 0 unspecified atom stereocenters. The Morgan fingerprint density at radius 1 is 1.26 bits per heavy atom. The summed E-state index contributed by atoms with van der Waals surface area (Å²) in [6.07, 6.45) is 1.31. The highest BCUT2D eigenvalue weighted by Gasteiger charge is 2.04. The molecule has 0 aliphatic carbocycles. The average Bonchev–Trinajstić information content (AvgIpc) is 2.54. The smallest absolute Gasteiger partial charge is 0.347 e. The summed E-state index contributed by atoms with van der Waals surface area (Å²) in [5.74, 6) is -0.485. The van der Waals surface area contributed by atoms with E-state index < -0.39 is 5.97 Å². The Morgan fingerprint density at radius 3 is 2.74 bits per heavy atom. The van der Waals surface area contributed by atoms with Gasteiger partial charge >= 0.3 is 5.97 Å². The van der Waals surface area contributed by atoms with Crippen LogP contribution >= 0.6 is 27.5 Å². The van der Waals surface area contributed by atoms with Crippen LogP contribution < -0.4 is 0 Å². The van der Waals surface area contributed by atoms with E-state index in [1.807, 2.05) is 0 Å². The molecule has 2 rings (SSSR count). The number of esters is 1. The molecule has 0 atom stereocenters. The Bertz CT molecular complexity index is 704. The number of nitrogens with zero attached hydrogens (tertiary/aromatic N) is 1. The van der Waals surface area contributed by atoms with E-state index in [1.165, 1.54) is 12.3 Å². The predicted octanol–water partition coefficient (Wildman–Crippen LogP) is 3.90. The van der Waals surface area contributed by atoms with Crippen molar-refractivity contribution >= 4 is 39.7 Å². The summed E-state index contributed by atoms with van der Waals surface area (Å²) in [5.41, 5.74) is 1.29. The van der Waals surface area contributed by atoms with Crippen LogP contribution in [0.3, 0.4) is 0 Å². The third-order valence-electron chi connectivity index (χ3n) is 2.75. The SMILES string of the molecule is O=C(CO/N=C/c1cc(Br)ccc1O)OCc1ccc(Cl)cc1. The molecule has 1 N–H and O–H groups in total. The molecular weight excluding hydrogens is 386 g/mol. The first-order chi connectivity index (χ1) is 11.0. The lowest BCUT2D eigenvalue weighted by Gasteiger charge is -2.04. The normalized spacial score (nSPS) is 10.7. The number of ether oxygens (including phenoxy) is 1. The maximum atomic E-state index is 11.5. The lowest BCUT2D eigenvalue weighted by atomic mass is 10.2. The molecule has 2 aromatic carbocycles. The van der Waals surface area contributed by atoms with E-state index in [0.717, 1.165) is 10.0 Å². The monoisotopic (exact) mass is 397 g/mol. The second-order valence-corrected chi connectivity index (χ2v) is 5.85. The van der Waals surface area contributed by atoms with Gasteiger partial charge in [-0.3, -0.25) is 0 Å². The van der Waals surface area contributed by atoms with Crippen LogP contribution in [-0.2, 0) is 21.0 Å². The highest BCUT2D eigenvalue weighted by molar-refractivity contribution is 9.10. The molecule has 0 aliphatic heterocycles. The molecular formula is C16H13BrClNO4. The fourth-order valence-corrected chi connectivity index (χ4v) is 2.10. The zero-order chi connectivity index (χ0) is 16.7. The van der Waals surface area contributed by atoms with Crippen LogP contribution in [0.2, 0.25) is 5.02 Å². The average molecular weight is 399 g/mol. The predicted molar refractivity (Wildman–Crippen MR) is 90.6 cm³/mol. The molecule has 0 spiro atoms. The minimum atomic E-state index is -0.546. The van der Waals surface area contributed by atoms with Gasteiger partial charge in [0, 0.05) is 15.1 Å². The number of phenols is 1. The van der Waals surface area contributed by atoms with E-state index >= 15 is 0 Å². The second-order valence-electron chi connectivity index (χ2n) is 4.50. The first-order valence-corrected chi connectivity index (χ1v) is 7.75. The van der Waals surface area contributed by atoms with Crippen molar-refractivity contribution in [3.63, 3.8) is 0 Å². The zero-order valence-electron chi connectivity index (χ0n) is 11.9. The van der Waals surface area contributed by atoms with Crippen LogP contribution in [0.4, 0.5) is 0 Å². The van der Waals surface area contributed by atoms with E-state index in [4.69, 9.17) is 21.2 Å². The first kappa shape index (κ1) is 17.3. The third-order valence-corrected chi connectivity index (χ3v) is 3.50. The fraction of sp³-hybridized carbons (Fsp3) is 0.125. The second kappa shape index (κ2) is 8.55. The molecule has 120 valence electrons. The van der Waals surface area contributed by atoms with Gasteiger partial charge in [0.15, 0.2) is 0 Å². The Labute approximate surface area is 146 Å². The van der Waals surface area contributed by atoms with Gasteiger partial charge in [-0.2, -0.15) is 0 Å². The van der Waals surface area contributed by atoms with Gasteiger partial charge in [-0.05, 0) is 35.9 Å². The summed E-state index contributed by atoms with van der Waals surface area (Å²) >= 11 is 9.05. The number of benzene rings is 2. The molecule has 0 radical (unpaired) electrons. The number of hydrogen-bond donors (Lipinski definition) is 1. The van der Waals surface area contributed by atoms with Crippen LogP contribution in [0.25, 0.3) is 0 Å². The lowest BCUT2D eigenvalue weighted by molar-refractivity contribution is -0.150. The van der Waals surface area contributed by atoms with Crippen LogP contribution in [-0.4, -0.2) is 23.9 Å². The van der Waals surface area contributed by atoms with Crippen molar-refractivity contribution in [2.24, 2.45) is 5.16 Å². The van der Waals surface area contributed by atoms with Gasteiger partial charge in [0.2, 0.25) is 6.61 Å². The van der Waals surface area contributed by atoms with Crippen molar-refractivity contribution in [1.82, 2.24) is 0 Å². The zero-order valence-corrected chi connectivity index (χ0v) is 14.3. The number of carbonyl (C=O) groups is 1. The van der Waals surface area contributed by atoms with Gasteiger partial charge in [0.05, 0.1) is 6.21 Å². The molecule has 0 saturated carbocycles. The van der Waals surface area contributed by atoms with Gasteiger partial charge < -0.3 is 14.7 Å². The van der Waals surface area contributed by atoms with Gasteiger partial charge in [0.25, 0.3) is 0 Å². The minimum Gasteiger partial charge on any atom is -0.507 e. The van der Waals surface area contributed by atoms with E-state index in [2.05, 4.69) is 21.1 Å². The number of rotatable bonds is 6. The van der Waals surface area contributed by atoms with Crippen molar-refractivity contribution in [2.45, 2.75) is 6.61 Å². The standard InChI is InChI=1S/C16H13BrClNO4/c17-13-3-6-15(20)12(7-13)8-19-23-10-16(21)22-9-11-1-4-14(18)5-2-11/h1-8,20H,9-10H2/b19-8+. The number of oxime groups is 1. The molecule has 0 amide bonds. The number of halogens is 2. The number of hydrogen-bond acceptors (Lipinski definition) is 5. The summed E-state index contributed by atoms with van der Waals surface area (Å²) in [7, 11) is 0. The van der Waals surface area contributed by atoms with Gasteiger partial charge in [0.1, 0.15) is 12.4 Å². The number of aromatic hydroxyl groups is 1. The maximum absolute atomic E-state index is 11.5. The topological polar surface area (TPSA) is 68.1 Å². The van der Waals surface area contributed by atoms with Crippen molar-refractivity contribution < 1.29 is 19.5 Å². The largest absolute Gasteiger partial charge is 0.507 e. The summed E-state index contributed by atoms with van der Waals surface area (Å²) in [6, 6.07) is 11.9. The molecule has 0 heterocycles. The van der Waals surface area contributed by atoms with Crippen LogP contribution in [0.1, 0.15) is 11.1 Å². The van der Waals surface area contributed by atoms with Crippen LogP contribution in [0.15, 0.2) is 52.1 Å². The van der Waals surface area contributed by atoms with E-state index in [0.29, 0.717) is 10.6 Å². The molecule has 0 bridgehead atoms. The first-order valence-electron chi connectivity index (χ1n) is 6.58. The third kappa shape index (κ3) is 5.92. The maximum Gasteiger partial charge on any atom is 0.347 e. The van der Waals surface area contributed by atoms with Gasteiger partial charge in [-0.25, -0.2) is 4.79 Å². The van der Waals surface area contributed by atoms with Crippen molar-refractivity contribution in [3.8, 4) is 5.75 Å². The van der Waals surface area contributed by atoms with E-state index in [1.54, 1.807) is 36.4 Å². The Morgan fingerprint density at radius 2 is 2.00 bits per heavy atom. The molecule has 0 aromatic heterocycles. The number of carbonyl (C=O) groups excluding carboxylic acids is 1. The minimum absolute atomic E-state index is 0.0610. The van der Waals surface area contributed by atoms with Crippen molar-refractivity contribution in [3.05, 3.63) is 63.1 Å². The summed E-state index contributed by atoms with van der Waals surface area (Å²) in [6.45, 7) is -0.186. The Kier molecular flexibility index (Phi) is 6.43. The van der Waals surface area contributed by atoms with Crippen molar-refractivity contribution in [1.29, 1.82) is 0 Å². The molecule has 23 heavy (non-hydrogen) atoms. The highest BCUT2D eigenvalue weighted by atomic mass is 79.9. The molecule has 7 heteroatoms. The molecule has 2 aromatic rings. The highest BCUT2D eigenvalue weighted by Crippen LogP contribution is 2.20. The van der Waals surface area contributed by atoms with Crippen LogP contribution in [0, 0.1) is 0 Å². The molecule has 0 saturated heterocycles. The molecule has 0 fully saturated rings. The summed E-state index contributed by atoms with van der Waals surface area (Å²) in [5, 5.41) is 13.8. The Hall–Kier alpha value is -2.05. The lowest BCUT2D eigenvalue weighted by Crippen LogP contribution is -2.10. The molecule has 5 nitrogen and oxygen atoms in total.